The number of imidazole rings is 1. The average molecular weight is 383 g/mol. The van der Waals surface area contributed by atoms with Crippen molar-refractivity contribution in [2.45, 2.75) is 6.54 Å². The molecule has 0 unspecified atom stereocenters. The second-order valence-electron chi connectivity index (χ2n) is 6.77. The summed E-state index contributed by atoms with van der Waals surface area (Å²) in [6.45, 7) is 0.650. The number of aromatic nitrogens is 4. The van der Waals surface area contributed by atoms with Crippen molar-refractivity contribution in [3.05, 3.63) is 101 Å². The lowest BCUT2D eigenvalue weighted by Crippen LogP contribution is -2.15. The van der Waals surface area contributed by atoms with E-state index in [-0.39, 0.29) is 11.3 Å². The van der Waals surface area contributed by atoms with Crippen LogP contribution >= 0.6 is 0 Å². The molecule has 0 saturated heterocycles. The fraction of sp³-hybridized carbons (Fsp3) is 0.0455. The number of hydrogen-bond donors (Lipinski definition) is 2. The minimum Gasteiger partial charge on any atom is -0.345 e. The molecule has 5 aromatic rings. The third kappa shape index (κ3) is 3.08. The van der Waals surface area contributed by atoms with Crippen LogP contribution in [0.5, 0.6) is 0 Å². The number of pyridine rings is 1. The van der Waals surface area contributed by atoms with Crippen molar-refractivity contribution < 1.29 is 4.79 Å². The van der Waals surface area contributed by atoms with E-state index >= 15 is 0 Å². The Kier molecular flexibility index (Phi) is 3.98. The smallest absolute Gasteiger partial charge is 0.274 e. The number of anilines is 1. The Labute approximate surface area is 165 Å². The Morgan fingerprint density at radius 1 is 1.07 bits per heavy atom. The molecule has 0 atom stereocenters. The highest BCUT2D eigenvalue weighted by atomic mass is 16.2. The molecule has 29 heavy (non-hydrogen) atoms. The summed E-state index contributed by atoms with van der Waals surface area (Å²) >= 11 is 0. The normalized spacial score (nSPS) is 11.2. The number of rotatable bonds is 4. The lowest BCUT2D eigenvalue weighted by Gasteiger charge is -2.08. The third-order valence-corrected chi connectivity index (χ3v) is 4.89. The molecule has 2 N–H and O–H groups in total. The molecule has 0 saturated carbocycles. The van der Waals surface area contributed by atoms with Gasteiger partial charge in [0.1, 0.15) is 11.3 Å². The summed E-state index contributed by atoms with van der Waals surface area (Å²) < 4.78 is 3.56. The van der Waals surface area contributed by atoms with Crippen molar-refractivity contribution in [3.63, 3.8) is 0 Å². The molecule has 7 heteroatoms. The van der Waals surface area contributed by atoms with Crippen molar-refractivity contribution in [1.82, 2.24) is 19.2 Å². The van der Waals surface area contributed by atoms with Crippen LogP contribution in [0.4, 0.5) is 5.69 Å². The van der Waals surface area contributed by atoms with Crippen molar-refractivity contribution >= 4 is 28.1 Å². The molecule has 7 nitrogen and oxygen atoms in total. The number of carbonyl (C=O) groups is 1. The van der Waals surface area contributed by atoms with Crippen LogP contribution in [-0.4, -0.2) is 25.1 Å². The Morgan fingerprint density at radius 3 is 2.79 bits per heavy atom. The van der Waals surface area contributed by atoms with Gasteiger partial charge in [0.05, 0.1) is 23.9 Å². The summed E-state index contributed by atoms with van der Waals surface area (Å²) in [5, 5.41) is 8.32. The number of benzene rings is 2. The van der Waals surface area contributed by atoms with Gasteiger partial charge in [-0.1, -0.05) is 36.4 Å². The van der Waals surface area contributed by atoms with Gasteiger partial charge in [0.2, 0.25) is 0 Å². The molecule has 0 aliphatic carbocycles. The fourth-order valence-electron chi connectivity index (χ4n) is 3.47. The zero-order valence-electron chi connectivity index (χ0n) is 15.4. The monoisotopic (exact) mass is 383 g/mol. The maximum absolute atomic E-state index is 12.9. The largest absolute Gasteiger partial charge is 0.345 e. The first-order chi connectivity index (χ1) is 14.2. The number of carbonyl (C=O) groups excluding carboxylic acids is 1. The van der Waals surface area contributed by atoms with E-state index in [2.05, 4.69) is 27.5 Å². The molecular weight excluding hydrogens is 366 g/mol. The van der Waals surface area contributed by atoms with Crippen LogP contribution in [0.1, 0.15) is 16.1 Å². The first-order valence-electron chi connectivity index (χ1n) is 9.19. The molecular formula is C22H17N5O2. The Morgan fingerprint density at radius 2 is 1.93 bits per heavy atom. The molecule has 5 rings (SSSR count). The quantitative estimate of drug-likeness (QED) is 0.500. The van der Waals surface area contributed by atoms with Crippen LogP contribution in [0.2, 0.25) is 0 Å². The van der Waals surface area contributed by atoms with Crippen LogP contribution in [0.15, 0.2) is 84.0 Å². The number of nitrogens with one attached hydrogen (secondary N) is 2. The van der Waals surface area contributed by atoms with Gasteiger partial charge in [0.15, 0.2) is 5.43 Å². The molecule has 3 aromatic heterocycles. The second kappa shape index (κ2) is 6.79. The zero-order valence-corrected chi connectivity index (χ0v) is 15.4. The van der Waals surface area contributed by atoms with Crippen LogP contribution in [-0.2, 0) is 6.54 Å². The second-order valence-corrected chi connectivity index (χ2v) is 6.77. The van der Waals surface area contributed by atoms with E-state index in [0.29, 0.717) is 23.6 Å². The predicted octanol–water partition coefficient (Wildman–Crippen LogP) is 3.28. The van der Waals surface area contributed by atoms with Gasteiger partial charge in [0.25, 0.3) is 5.91 Å². The summed E-state index contributed by atoms with van der Waals surface area (Å²) in [6.07, 6.45) is 4.94. The first-order valence-corrected chi connectivity index (χ1v) is 9.19. The minimum absolute atomic E-state index is 0.116. The van der Waals surface area contributed by atoms with Gasteiger partial charge in [-0.25, -0.2) is 0 Å². The van der Waals surface area contributed by atoms with E-state index in [1.807, 2.05) is 41.1 Å². The van der Waals surface area contributed by atoms with E-state index in [1.54, 1.807) is 23.0 Å². The maximum atomic E-state index is 12.9. The predicted molar refractivity (Wildman–Crippen MR) is 111 cm³/mol. The molecule has 0 radical (unpaired) electrons. The van der Waals surface area contributed by atoms with Crippen LogP contribution in [0, 0.1) is 0 Å². The van der Waals surface area contributed by atoms with E-state index in [0.717, 1.165) is 16.5 Å². The van der Waals surface area contributed by atoms with Crippen LogP contribution in [0.3, 0.4) is 0 Å². The maximum Gasteiger partial charge on any atom is 0.274 e. The highest BCUT2D eigenvalue weighted by Gasteiger charge is 2.14. The van der Waals surface area contributed by atoms with Gasteiger partial charge in [-0.3, -0.25) is 18.7 Å². The number of nitrogens with zero attached hydrogens (tertiary/aromatic N) is 3. The number of H-pyrrole nitrogens is 1. The zero-order chi connectivity index (χ0) is 19.8. The SMILES string of the molecule is O=C(Nc1cccc2c1cnn2Cc1ccccc1)c1c[nH]c2cc(=O)ccn12. The summed E-state index contributed by atoms with van der Waals surface area (Å²) in [5.74, 6) is -0.275. The highest BCUT2D eigenvalue weighted by Crippen LogP contribution is 2.24. The lowest BCUT2D eigenvalue weighted by molar-refractivity contribution is 0.102. The van der Waals surface area contributed by atoms with Crippen molar-refractivity contribution in [2.24, 2.45) is 0 Å². The standard InChI is InChI=1S/C22H17N5O2/c28-16-9-10-26-20(13-23-21(26)11-16)22(29)25-18-7-4-8-19-17(18)12-24-27(19)14-15-5-2-1-3-6-15/h1-13,23H,14H2,(H,25,29). The van der Waals surface area contributed by atoms with Crippen molar-refractivity contribution in [2.75, 3.05) is 5.32 Å². The van der Waals surface area contributed by atoms with Crippen molar-refractivity contribution in [3.8, 4) is 0 Å². The lowest BCUT2D eigenvalue weighted by atomic mass is 10.2. The van der Waals surface area contributed by atoms with Gasteiger partial charge < -0.3 is 10.3 Å². The fourth-order valence-corrected chi connectivity index (χ4v) is 3.47. The van der Waals surface area contributed by atoms with E-state index < -0.39 is 0 Å². The summed E-state index contributed by atoms with van der Waals surface area (Å²) in [5.41, 5.74) is 3.64. The first kappa shape index (κ1) is 17.0. The highest BCUT2D eigenvalue weighted by molar-refractivity contribution is 6.08. The topological polar surface area (TPSA) is 84.2 Å². The third-order valence-electron chi connectivity index (χ3n) is 4.89. The van der Waals surface area contributed by atoms with Gasteiger partial charge in [-0.15, -0.1) is 0 Å². The Bertz CT molecular complexity index is 1400. The van der Waals surface area contributed by atoms with Crippen LogP contribution in [0.25, 0.3) is 16.6 Å². The molecule has 0 aliphatic heterocycles. The van der Waals surface area contributed by atoms with E-state index in [1.165, 1.54) is 12.1 Å². The van der Waals surface area contributed by atoms with Gasteiger partial charge in [0, 0.05) is 29.9 Å². The van der Waals surface area contributed by atoms with Gasteiger partial charge in [-0.05, 0) is 17.7 Å². The van der Waals surface area contributed by atoms with Crippen molar-refractivity contribution in [1.29, 1.82) is 0 Å². The summed E-state index contributed by atoms with van der Waals surface area (Å²) in [7, 11) is 0. The molecule has 1 amide bonds. The number of fused-ring (bicyclic) bond motifs is 2. The van der Waals surface area contributed by atoms with Crippen LogP contribution < -0.4 is 10.7 Å². The number of amides is 1. The summed E-state index contributed by atoms with van der Waals surface area (Å²) in [6, 6.07) is 18.7. The average Bonchev–Trinajstić information content (AvgIpc) is 3.33. The molecule has 0 aliphatic rings. The molecule has 0 fully saturated rings. The molecule has 0 bridgehead atoms. The number of hydrogen-bond acceptors (Lipinski definition) is 3. The molecule has 0 spiro atoms. The molecule has 142 valence electrons. The van der Waals surface area contributed by atoms with E-state index in [4.69, 9.17) is 0 Å². The minimum atomic E-state index is -0.275. The molecule has 2 aromatic carbocycles. The van der Waals surface area contributed by atoms with Gasteiger partial charge >= 0.3 is 0 Å². The summed E-state index contributed by atoms with van der Waals surface area (Å²) in [4.78, 5) is 27.3. The molecule has 3 heterocycles. The van der Waals surface area contributed by atoms with E-state index in [9.17, 15) is 9.59 Å². The number of aromatic amines is 1. The van der Waals surface area contributed by atoms with Gasteiger partial charge in [-0.2, -0.15) is 5.10 Å². The Hall–Kier alpha value is -4.13. The Balaban J connectivity index is 1.47.